The highest BCUT2D eigenvalue weighted by molar-refractivity contribution is 6.05. The number of rotatable bonds is 10. The minimum atomic E-state index is -0.891. The molecular formula is C59H66N6O4. The van der Waals surface area contributed by atoms with E-state index in [0.29, 0.717) is 40.8 Å². The Morgan fingerprint density at radius 2 is 1.20 bits per heavy atom. The molecule has 4 aromatic carbocycles. The lowest BCUT2D eigenvalue weighted by molar-refractivity contribution is 0.0686. The number of carboxylic acids is 2. The predicted octanol–water partition coefficient (Wildman–Crippen LogP) is 12.9. The molecule has 356 valence electrons. The average Bonchev–Trinajstić information content (AvgIpc) is 4.06. The van der Waals surface area contributed by atoms with E-state index in [4.69, 9.17) is 0 Å². The first kappa shape index (κ1) is 44.1. The zero-order valence-corrected chi connectivity index (χ0v) is 40.7. The van der Waals surface area contributed by atoms with Crippen molar-refractivity contribution in [3.63, 3.8) is 0 Å². The first-order valence-corrected chi connectivity index (χ1v) is 25.9. The zero-order valence-electron chi connectivity index (χ0n) is 40.7. The number of aryl methyl sites for hydroxylation is 2. The van der Waals surface area contributed by atoms with Crippen LogP contribution < -0.4 is 5.32 Å². The second kappa shape index (κ2) is 17.4. The van der Waals surface area contributed by atoms with Gasteiger partial charge in [0.05, 0.1) is 33.5 Å². The third-order valence-corrected chi connectivity index (χ3v) is 16.8. The number of hydrogen-bond acceptors (Lipinski definition) is 4. The summed E-state index contributed by atoms with van der Waals surface area (Å²) in [5.41, 5.74) is 16.0. The van der Waals surface area contributed by atoms with Gasteiger partial charge in [-0.25, -0.2) is 9.59 Å². The molecule has 0 spiro atoms. The van der Waals surface area contributed by atoms with Gasteiger partial charge in [0.1, 0.15) is 0 Å². The number of aromatic nitrogens is 4. The van der Waals surface area contributed by atoms with Crippen molar-refractivity contribution in [3.8, 4) is 22.5 Å². The molecule has 10 heteroatoms. The third kappa shape index (κ3) is 7.43. The van der Waals surface area contributed by atoms with Crippen LogP contribution in [0.25, 0.3) is 66.1 Å². The Bertz CT molecular complexity index is 3330. The van der Waals surface area contributed by atoms with Crippen molar-refractivity contribution in [2.24, 2.45) is 11.8 Å². The first-order valence-electron chi connectivity index (χ1n) is 25.9. The quantitative estimate of drug-likeness (QED) is 0.126. The number of nitrogens with zero attached hydrogens (tertiary/aromatic N) is 5. The highest BCUT2D eigenvalue weighted by atomic mass is 16.4. The Morgan fingerprint density at radius 3 is 1.83 bits per heavy atom. The van der Waals surface area contributed by atoms with Gasteiger partial charge in [-0.2, -0.15) is 0 Å². The number of fused-ring (bicyclic) bond motifs is 8. The lowest BCUT2D eigenvalue weighted by atomic mass is 9.72. The monoisotopic (exact) mass is 923 g/mol. The normalized spacial score (nSPS) is 19.8. The maximum absolute atomic E-state index is 12.7. The lowest BCUT2D eigenvalue weighted by Crippen LogP contribution is -2.29. The van der Waals surface area contributed by atoms with Crippen LogP contribution >= 0.6 is 0 Å². The van der Waals surface area contributed by atoms with E-state index >= 15 is 0 Å². The predicted molar refractivity (Wildman–Crippen MR) is 278 cm³/mol. The Labute approximate surface area is 404 Å². The summed E-state index contributed by atoms with van der Waals surface area (Å²) < 4.78 is 10.2. The van der Waals surface area contributed by atoms with Crippen molar-refractivity contribution in [3.05, 3.63) is 119 Å². The molecule has 0 bridgehead atoms. The molecule has 4 aromatic heterocycles. The maximum Gasteiger partial charge on any atom is 0.335 e. The van der Waals surface area contributed by atoms with E-state index in [-0.39, 0.29) is 0 Å². The molecule has 12 rings (SSSR count). The number of benzene rings is 4. The van der Waals surface area contributed by atoms with Gasteiger partial charge in [-0.1, -0.05) is 81.6 Å². The fourth-order valence-corrected chi connectivity index (χ4v) is 13.9. The summed E-state index contributed by atoms with van der Waals surface area (Å²) in [5.74, 6) is -0.244. The molecule has 10 nitrogen and oxygen atoms in total. The van der Waals surface area contributed by atoms with Crippen molar-refractivity contribution < 1.29 is 19.8 Å². The molecule has 2 aliphatic heterocycles. The van der Waals surface area contributed by atoms with E-state index in [1.165, 1.54) is 96.6 Å². The number of para-hydroxylation sites is 2. The molecule has 2 aliphatic carbocycles. The summed E-state index contributed by atoms with van der Waals surface area (Å²) in [6, 6.07) is 25.9. The van der Waals surface area contributed by atoms with Crippen LogP contribution in [0, 0.1) is 11.8 Å². The number of carbonyl (C=O) groups is 2. The van der Waals surface area contributed by atoms with Gasteiger partial charge in [0.25, 0.3) is 0 Å². The number of hydrogen-bond donors (Lipinski definition) is 3. The van der Waals surface area contributed by atoms with E-state index in [9.17, 15) is 19.8 Å². The molecule has 3 N–H and O–H groups in total. The van der Waals surface area contributed by atoms with Crippen LogP contribution in [0.15, 0.2) is 85.2 Å². The summed E-state index contributed by atoms with van der Waals surface area (Å²) in [6.45, 7) is 9.54. The summed E-state index contributed by atoms with van der Waals surface area (Å²) in [6.07, 6.45) is 16.1. The van der Waals surface area contributed by atoms with Gasteiger partial charge in [0.2, 0.25) is 0 Å². The van der Waals surface area contributed by atoms with E-state index in [1.54, 1.807) is 0 Å². The second-order valence-corrected chi connectivity index (χ2v) is 21.8. The molecule has 0 amide bonds. The topological polar surface area (TPSA) is 110 Å². The standard InChI is InChI=1S/C59H66N6O4/c1-35(2)60-29-41-31-62-25-10-26-64-50-27-39(58(66)67)21-23-46(50)53(56(64)48-15-8-13-44(41)54(48)62)38-19-17-36(18-20-38)42-32-63-33-43(30-61(3)4)45-14-9-16-49(55(45)63)57-52(37-11-6-5-7-12-37)47-24-22-40(59(68)69)28-51(47)65(57)34-42/h8-9,13-16,21-24,27-28,31,33,35-38,42,60H,5-7,10-12,17-20,25-26,29-30,32,34H2,1-4H3,(H,66,67)(H,68,69). The fraction of sp³-hybridized carbons (Fsp3) is 0.424. The molecule has 4 aliphatic rings. The van der Waals surface area contributed by atoms with Crippen LogP contribution in [-0.4, -0.2) is 65.5 Å². The van der Waals surface area contributed by atoms with E-state index in [1.807, 2.05) is 24.3 Å². The lowest BCUT2D eigenvalue weighted by Gasteiger charge is -2.37. The summed E-state index contributed by atoms with van der Waals surface area (Å²) in [7, 11) is 4.32. The Kier molecular flexibility index (Phi) is 11.1. The van der Waals surface area contributed by atoms with Gasteiger partial charge in [-0.15, -0.1) is 0 Å². The summed E-state index contributed by atoms with van der Waals surface area (Å²) in [5, 5.41) is 29.3. The number of nitrogens with one attached hydrogen (secondary N) is 1. The molecule has 6 heterocycles. The Morgan fingerprint density at radius 1 is 0.623 bits per heavy atom. The highest BCUT2D eigenvalue weighted by Gasteiger charge is 2.37. The third-order valence-electron chi connectivity index (χ3n) is 16.8. The molecule has 1 atom stereocenters. The SMILES string of the molecule is CC(C)NCc1cn2c3c(cccc13)-c1c(C3CCC(C4Cn5cc(CN(C)C)c6cccc(c65)-c5c(C6CCCCC6)c6ccc(C(=O)O)cc6n5C4)CC3)c3ccc(C(=O)O)cc3n1CCC2. The second-order valence-electron chi connectivity index (χ2n) is 21.8. The zero-order chi connectivity index (χ0) is 47.2. The van der Waals surface area contributed by atoms with Gasteiger partial charge >= 0.3 is 11.9 Å². The largest absolute Gasteiger partial charge is 0.478 e. The van der Waals surface area contributed by atoms with Crippen LogP contribution in [0.3, 0.4) is 0 Å². The molecule has 2 fully saturated rings. The minimum Gasteiger partial charge on any atom is -0.478 e. The summed E-state index contributed by atoms with van der Waals surface area (Å²) >= 11 is 0. The van der Waals surface area contributed by atoms with E-state index in [0.717, 1.165) is 95.2 Å². The molecule has 2 saturated carbocycles. The van der Waals surface area contributed by atoms with Crippen LogP contribution in [0.4, 0.5) is 0 Å². The van der Waals surface area contributed by atoms with E-state index < -0.39 is 11.9 Å². The molecular weight excluding hydrogens is 857 g/mol. The summed E-state index contributed by atoms with van der Waals surface area (Å²) in [4.78, 5) is 27.4. The minimum absolute atomic E-state index is 0.314. The van der Waals surface area contributed by atoms with Crippen molar-refractivity contribution in [2.75, 3.05) is 14.1 Å². The van der Waals surface area contributed by atoms with Crippen LogP contribution in [-0.2, 0) is 39.3 Å². The Hall–Kier alpha value is -6.10. The van der Waals surface area contributed by atoms with Gasteiger partial charge in [-0.3, -0.25) is 0 Å². The molecule has 1 unspecified atom stereocenters. The van der Waals surface area contributed by atoms with E-state index in [2.05, 4.69) is 117 Å². The number of carboxylic acid groups (broad SMARTS) is 2. The molecule has 0 saturated heterocycles. The van der Waals surface area contributed by atoms with Gasteiger partial charge in [-0.05, 0) is 129 Å². The molecule has 69 heavy (non-hydrogen) atoms. The van der Waals surface area contributed by atoms with Gasteiger partial charge in [0, 0.05) is 101 Å². The van der Waals surface area contributed by atoms with Crippen LogP contribution in [0.2, 0.25) is 0 Å². The smallest absolute Gasteiger partial charge is 0.335 e. The van der Waals surface area contributed by atoms with Crippen LogP contribution in [0.1, 0.15) is 133 Å². The van der Waals surface area contributed by atoms with Crippen molar-refractivity contribution in [1.82, 2.24) is 28.5 Å². The van der Waals surface area contributed by atoms with Gasteiger partial charge < -0.3 is 38.7 Å². The van der Waals surface area contributed by atoms with Gasteiger partial charge in [0.15, 0.2) is 0 Å². The van der Waals surface area contributed by atoms with Crippen molar-refractivity contribution in [1.29, 1.82) is 0 Å². The van der Waals surface area contributed by atoms with Crippen LogP contribution in [0.5, 0.6) is 0 Å². The average molecular weight is 923 g/mol. The fourth-order valence-electron chi connectivity index (χ4n) is 13.9. The highest BCUT2D eigenvalue weighted by Crippen LogP contribution is 2.52. The molecule has 8 aromatic rings. The Balaban J connectivity index is 0.977. The van der Waals surface area contributed by atoms with Crippen molar-refractivity contribution in [2.45, 2.75) is 135 Å². The van der Waals surface area contributed by atoms with Crippen molar-refractivity contribution >= 4 is 55.6 Å². The molecule has 0 radical (unpaired) electrons. The maximum atomic E-state index is 12.7. The first-order chi connectivity index (χ1) is 33.5. The number of aromatic carboxylic acids is 2.